The van der Waals surface area contributed by atoms with Gasteiger partial charge in [0.25, 0.3) is 0 Å². The average Bonchev–Trinajstić information content (AvgIpc) is 3.35. The van der Waals surface area contributed by atoms with Crippen LogP contribution < -0.4 is 15.4 Å². The lowest BCUT2D eigenvalue weighted by Crippen LogP contribution is -2.39. The van der Waals surface area contributed by atoms with Crippen LogP contribution in [0.15, 0.2) is 48.8 Å². The summed E-state index contributed by atoms with van der Waals surface area (Å²) in [7, 11) is 0. The molecule has 0 unspecified atom stereocenters. The summed E-state index contributed by atoms with van der Waals surface area (Å²) >= 11 is 0. The Hall–Kier alpha value is -3.55. The molecule has 0 spiro atoms. The van der Waals surface area contributed by atoms with Crippen molar-refractivity contribution in [3.8, 4) is 5.75 Å². The lowest BCUT2D eigenvalue weighted by atomic mass is 10.1. The van der Waals surface area contributed by atoms with E-state index in [-0.39, 0.29) is 18.6 Å². The Morgan fingerprint density at radius 3 is 2.87 bits per heavy atom. The molecule has 0 saturated carbocycles. The molecule has 3 aromatic heterocycles. The van der Waals surface area contributed by atoms with Crippen molar-refractivity contribution in [1.82, 2.24) is 19.2 Å². The molecule has 1 aliphatic rings. The van der Waals surface area contributed by atoms with Crippen LogP contribution in [0.2, 0.25) is 0 Å². The Labute approximate surface area is 173 Å². The normalized spacial score (nSPS) is 15.2. The van der Waals surface area contributed by atoms with Crippen molar-refractivity contribution >= 4 is 28.3 Å². The fourth-order valence-corrected chi connectivity index (χ4v) is 4.23. The van der Waals surface area contributed by atoms with E-state index in [4.69, 9.17) is 10.5 Å². The maximum absolute atomic E-state index is 11.3. The molecular formula is C22H24N6O2. The van der Waals surface area contributed by atoms with Crippen molar-refractivity contribution in [2.75, 3.05) is 18.0 Å². The summed E-state index contributed by atoms with van der Waals surface area (Å²) in [6.07, 6.45) is 5.64. The van der Waals surface area contributed by atoms with Crippen molar-refractivity contribution in [2.45, 2.75) is 32.4 Å². The van der Waals surface area contributed by atoms with Gasteiger partial charge in [0.1, 0.15) is 24.2 Å². The number of carbonyl (C=O) groups excluding carboxylic acids is 1. The Morgan fingerprint density at radius 2 is 2.07 bits per heavy atom. The van der Waals surface area contributed by atoms with Gasteiger partial charge in [-0.15, -0.1) is 0 Å². The zero-order valence-corrected chi connectivity index (χ0v) is 16.9. The van der Waals surface area contributed by atoms with E-state index >= 15 is 0 Å². The topological polar surface area (TPSA) is 90.7 Å². The van der Waals surface area contributed by atoms with Crippen LogP contribution >= 0.6 is 0 Å². The van der Waals surface area contributed by atoms with E-state index in [1.807, 2.05) is 52.5 Å². The van der Waals surface area contributed by atoms with Crippen LogP contribution in [0.3, 0.4) is 0 Å². The zero-order chi connectivity index (χ0) is 20.7. The maximum atomic E-state index is 11.3. The minimum Gasteiger partial charge on any atom is -0.490 e. The Bertz CT molecular complexity index is 1220. The number of aryl methyl sites for hydroxylation is 1. The zero-order valence-electron chi connectivity index (χ0n) is 16.9. The van der Waals surface area contributed by atoms with E-state index in [1.165, 1.54) is 0 Å². The number of piperidine rings is 1. The van der Waals surface area contributed by atoms with Gasteiger partial charge in [-0.3, -0.25) is 4.79 Å². The SMILES string of the molecule is Cc1cc(N2CCC(Oc3cccc4c3ccn4CC(N)=O)CC2)n2nccc2n1. The van der Waals surface area contributed by atoms with Crippen molar-refractivity contribution in [2.24, 2.45) is 5.73 Å². The number of carbonyl (C=O) groups is 1. The predicted octanol–water partition coefficient (Wildman–Crippen LogP) is 2.53. The van der Waals surface area contributed by atoms with Crippen LogP contribution in [0, 0.1) is 6.92 Å². The molecule has 1 saturated heterocycles. The van der Waals surface area contributed by atoms with E-state index in [2.05, 4.69) is 21.0 Å². The maximum Gasteiger partial charge on any atom is 0.237 e. The summed E-state index contributed by atoms with van der Waals surface area (Å²) in [4.78, 5) is 18.2. The lowest BCUT2D eigenvalue weighted by Gasteiger charge is -2.33. The third-order valence-electron chi connectivity index (χ3n) is 5.63. The van der Waals surface area contributed by atoms with Crippen molar-refractivity contribution < 1.29 is 9.53 Å². The van der Waals surface area contributed by atoms with Crippen molar-refractivity contribution in [1.29, 1.82) is 0 Å². The quantitative estimate of drug-likeness (QED) is 0.552. The second kappa shape index (κ2) is 7.37. The number of nitrogens with zero attached hydrogens (tertiary/aromatic N) is 5. The van der Waals surface area contributed by atoms with Crippen molar-refractivity contribution in [3.05, 3.63) is 54.5 Å². The van der Waals surface area contributed by atoms with Crippen LogP contribution in [0.1, 0.15) is 18.5 Å². The Balaban J connectivity index is 1.31. The molecule has 0 radical (unpaired) electrons. The molecule has 2 N–H and O–H groups in total. The van der Waals surface area contributed by atoms with Gasteiger partial charge in [-0.2, -0.15) is 9.61 Å². The third kappa shape index (κ3) is 3.34. The van der Waals surface area contributed by atoms with E-state index in [0.29, 0.717) is 0 Å². The van der Waals surface area contributed by atoms with Gasteiger partial charge in [0.2, 0.25) is 5.91 Å². The number of hydrogen-bond donors (Lipinski definition) is 1. The Morgan fingerprint density at radius 1 is 1.23 bits per heavy atom. The highest BCUT2D eigenvalue weighted by Gasteiger charge is 2.23. The summed E-state index contributed by atoms with van der Waals surface area (Å²) in [5, 5.41) is 5.43. The predicted molar refractivity (Wildman–Crippen MR) is 115 cm³/mol. The molecule has 0 atom stereocenters. The fourth-order valence-electron chi connectivity index (χ4n) is 4.23. The molecule has 1 amide bonds. The molecule has 0 bridgehead atoms. The van der Waals surface area contributed by atoms with Gasteiger partial charge in [-0.05, 0) is 25.1 Å². The van der Waals surface area contributed by atoms with E-state index in [1.54, 1.807) is 6.20 Å². The smallest absolute Gasteiger partial charge is 0.237 e. The molecule has 1 aromatic carbocycles. The summed E-state index contributed by atoms with van der Waals surface area (Å²) in [5.74, 6) is 1.57. The Kier molecular flexibility index (Phi) is 4.54. The number of aromatic nitrogens is 4. The minimum atomic E-state index is -0.358. The largest absolute Gasteiger partial charge is 0.490 e. The summed E-state index contributed by atoms with van der Waals surface area (Å²) in [5.41, 5.74) is 8.17. The first-order chi connectivity index (χ1) is 14.6. The fraction of sp³-hybridized carbons (Fsp3) is 0.318. The van der Waals surface area contributed by atoms with Crippen LogP contribution in [0.5, 0.6) is 5.75 Å². The lowest BCUT2D eigenvalue weighted by molar-refractivity contribution is -0.118. The number of rotatable bonds is 5. The number of fused-ring (bicyclic) bond motifs is 2. The number of amides is 1. The first-order valence-corrected chi connectivity index (χ1v) is 10.2. The van der Waals surface area contributed by atoms with Gasteiger partial charge in [0.05, 0.1) is 11.7 Å². The highest BCUT2D eigenvalue weighted by Crippen LogP contribution is 2.30. The molecular weight excluding hydrogens is 380 g/mol. The molecule has 1 fully saturated rings. The van der Waals surface area contributed by atoms with Gasteiger partial charge in [-0.1, -0.05) is 6.07 Å². The van der Waals surface area contributed by atoms with Gasteiger partial charge in [0.15, 0.2) is 5.65 Å². The third-order valence-corrected chi connectivity index (χ3v) is 5.63. The average molecular weight is 404 g/mol. The highest BCUT2D eigenvalue weighted by atomic mass is 16.5. The van der Waals surface area contributed by atoms with Crippen LogP contribution in [-0.2, 0) is 11.3 Å². The summed E-state index contributed by atoms with van der Waals surface area (Å²) < 4.78 is 10.1. The molecule has 0 aliphatic carbocycles. The van der Waals surface area contributed by atoms with Gasteiger partial charge in [0, 0.05) is 55.3 Å². The second-order valence-corrected chi connectivity index (χ2v) is 7.76. The van der Waals surface area contributed by atoms with Gasteiger partial charge in [-0.25, -0.2) is 4.98 Å². The summed E-state index contributed by atoms with van der Waals surface area (Å²) in [6.45, 7) is 3.96. The molecule has 8 heteroatoms. The van der Waals surface area contributed by atoms with Gasteiger partial charge >= 0.3 is 0 Å². The number of ether oxygens (including phenoxy) is 1. The minimum absolute atomic E-state index is 0.141. The second-order valence-electron chi connectivity index (χ2n) is 7.76. The van der Waals surface area contributed by atoms with Crippen LogP contribution in [-0.4, -0.2) is 44.3 Å². The monoisotopic (exact) mass is 404 g/mol. The number of hydrogen-bond acceptors (Lipinski definition) is 5. The molecule has 154 valence electrons. The van der Waals surface area contributed by atoms with Crippen LogP contribution in [0.25, 0.3) is 16.6 Å². The highest BCUT2D eigenvalue weighted by molar-refractivity contribution is 5.88. The number of primary amides is 1. The van der Waals surface area contributed by atoms with Crippen LogP contribution in [0.4, 0.5) is 5.82 Å². The number of nitrogens with two attached hydrogens (primary N) is 1. The molecule has 4 heterocycles. The standard InChI is InChI=1S/C22H24N6O2/c1-15-13-22(28-21(25-15)5-9-24-28)26-10-6-16(7-11-26)30-19-4-2-3-18-17(19)8-12-27(18)14-20(23)29/h2-5,8-9,12-13,16H,6-7,10-11,14H2,1H3,(H2,23,29). The summed E-state index contributed by atoms with van der Waals surface area (Å²) in [6, 6.07) is 11.9. The van der Waals surface area contributed by atoms with E-state index in [0.717, 1.165) is 59.7 Å². The number of anilines is 1. The molecule has 30 heavy (non-hydrogen) atoms. The molecule has 5 rings (SSSR count). The first kappa shape index (κ1) is 18.5. The molecule has 4 aromatic rings. The van der Waals surface area contributed by atoms with E-state index < -0.39 is 0 Å². The van der Waals surface area contributed by atoms with Gasteiger partial charge < -0.3 is 19.9 Å². The molecule has 1 aliphatic heterocycles. The molecule has 8 nitrogen and oxygen atoms in total. The number of benzene rings is 1. The first-order valence-electron chi connectivity index (χ1n) is 10.2. The van der Waals surface area contributed by atoms with E-state index in [9.17, 15) is 4.79 Å². The van der Waals surface area contributed by atoms with Crippen molar-refractivity contribution in [3.63, 3.8) is 0 Å².